The lowest BCUT2D eigenvalue weighted by atomic mass is 10.1. The summed E-state index contributed by atoms with van der Waals surface area (Å²) >= 11 is 0. The van der Waals surface area contributed by atoms with Crippen LogP contribution in [0.25, 0.3) is 0 Å². The number of nitrogens with zero attached hydrogens (tertiary/aromatic N) is 1. The van der Waals surface area contributed by atoms with Crippen LogP contribution >= 0.6 is 0 Å². The number of halogens is 3. The van der Waals surface area contributed by atoms with Gasteiger partial charge in [-0.1, -0.05) is 12.1 Å². The minimum absolute atomic E-state index is 0.00498. The van der Waals surface area contributed by atoms with Gasteiger partial charge in [0, 0.05) is 11.8 Å². The van der Waals surface area contributed by atoms with E-state index in [0.29, 0.717) is 22.9 Å². The molecule has 9 heteroatoms. The third-order valence-electron chi connectivity index (χ3n) is 4.56. The molecule has 160 valence electrons. The topological polar surface area (TPSA) is 69.7 Å². The fraction of sp³-hybridized carbons (Fsp3) is 0.182. The number of aromatic nitrogens is 1. The molecule has 0 saturated heterocycles. The first-order chi connectivity index (χ1) is 14.8. The van der Waals surface area contributed by atoms with Gasteiger partial charge in [0.25, 0.3) is 5.91 Å². The lowest BCUT2D eigenvalue weighted by molar-refractivity contribution is -0.141. The van der Waals surface area contributed by atoms with Crippen molar-refractivity contribution >= 4 is 11.6 Å². The number of fused-ring (bicyclic) bond motifs is 1. The smallest absolute Gasteiger partial charge is 0.433 e. The van der Waals surface area contributed by atoms with E-state index in [0.717, 1.165) is 17.7 Å². The molecule has 0 aliphatic carbocycles. The minimum atomic E-state index is -4.56. The molecule has 0 unspecified atom stereocenters. The van der Waals surface area contributed by atoms with Crippen molar-refractivity contribution in [3.8, 4) is 17.2 Å². The number of pyridine rings is 1. The molecule has 2 heterocycles. The minimum Gasteiger partial charge on any atom is -0.489 e. The Labute approximate surface area is 175 Å². The molecule has 0 spiro atoms. The van der Waals surface area contributed by atoms with Crippen molar-refractivity contribution in [3.63, 3.8) is 0 Å². The van der Waals surface area contributed by atoms with Crippen LogP contribution in [-0.2, 0) is 12.8 Å². The Bertz CT molecular complexity index is 1130. The van der Waals surface area contributed by atoms with Gasteiger partial charge in [0.1, 0.15) is 18.1 Å². The Morgan fingerprint density at radius 1 is 1.10 bits per heavy atom. The summed E-state index contributed by atoms with van der Waals surface area (Å²) in [6.07, 6.45) is -4.56. The highest BCUT2D eigenvalue weighted by molar-refractivity contribution is 6.05. The molecule has 1 aliphatic rings. The number of rotatable bonds is 5. The van der Waals surface area contributed by atoms with Gasteiger partial charge >= 0.3 is 6.18 Å². The number of benzene rings is 2. The van der Waals surface area contributed by atoms with E-state index in [-0.39, 0.29) is 24.7 Å². The molecular weight excluding hydrogens is 413 g/mol. The number of aryl methyl sites for hydroxylation is 1. The first-order valence-electron chi connectivity index (χ1n) is 9.27. The molecule has 0 radical (unpaired) electrons. The van der Waals surface area contributed by atoms with Crippen LogP contribution in [0.3, 0.4) is 0 Å². The molecule has 2 aromatic carbocycles. The van der Waals surface area contributed by atoms with Gasteiger partial charge in [-0.15, -0.1) is 0 Å². The van der Waals surface area contributed by atoms with Crippen molar-refractivity contribution in [2.24, 2.45) is 0 Å². The third-order valence-corrected chi connectivity index (χ3v) is 4.56. The van der Waals surface area contributed by atoms with Gasteiger partial charge < -0.3 is 19.5 Å². The van der Waals surface area contributed by atoms with E-state index in [2.05, 4.69) is 10.3 Å². The van der Waals surface area contributed by atoms with Crippen LogP contribution in [0.5, 0.6) is 17.2 Å². The maximum absolute atomic E-state index is 12.8. The highest BCUT2D eigenvalue weighted by Crippen LogP contribution is 2.35. The zero-order chi connectivity index (χ0) is 22.0. The van der Waals surface area contributed by atoms with Crippen LogP contribution in [0.2, 0.25) is 0 Å². The van der Waals surface area contributed by atoms with Crippen LogP contribution in [0.1, 0.15) is 27.3 Å². The number of alkyl halides is 3. The van der Waals surface area contributed by atoms with Crippen molar-refractivity contribution in [2.45, 2.75) is 19.7 Å². The second-order valence-electron chi connectivity index (χ2n) is 6.79. The highest BCUT2D eigenvalue weighted by Gasteiger charge is 2.33. The Kier molecular flexibility index (Phi) is 5.41. The highest BCUT2D eigenvalue weighted by atomic mass is 19.4. The van der Waals surface area contributed by atoms with Crippen LogP contribution in [0.4, 0.5) is 18.9 Å². The maximum Gasteiger partial charge on any atom is 0.433 e. The molecule has 31 heavy (non-hydrogen) atoms. The maximum atomic E-state index is 12.8. The van der Waals surface area contributed by atoms with Gasteiger partial charge in [-0.3, -0.25) is 4.79 Å². The Morgan fingerprint density at radius 3 is 2.68 bits per heavy atom. The Morgan fingerprint density at radius 2 is 1.90 bits per heavy atom. The Hall–Kier alpha value is -3.75. The predicted octanol–water partition coefficient (Wildman–Crippen LogP) is 4.97. The second kappa shape index (κ2) is 8.17. The summed E-state index contributed by atoms with van der Waals surface area (Å²) < 4.78 is 54.6. The molecule has 0 atom stereocenters. The average molecular weight is 430 g/mol. The van der Waals surface area contributed by atoms with Gasteiger partial charge in [0.2, 0.25) is 6.79 Å². The number of amides is 1. The second-order valence-corrected chi connectivity index (χ2v) is 6.79. The number of carbonyl (C=O) groups excluding carboxylic acids is 1. The normalized spacial score (nSPS) is 12.5. The number of nitrogens with one attached hydrogen (secondary N) is 1. The van der Waals surface area contributed by atoms with Crippen LogP contribution in [0, 0.1) is 6.92 Å². The van der Waals surface area contributed by atoms with E-state index in [4.69, 9.17) is 14.2 Å². The molecule has 1 amide bonds. The lowest BCUT2D eigenvalue weighted by Crippen LogP contribution is -2.16. The first-order valence-corrected chi connectivity index (χ1v) is 9.27. The van der Waals surface area contributed by atoms with Crippen molar-refractivity contribution in [3.05, 3.63) is 77.1 Å². The molecular formula is C22H17F3N2O4. The predicted molar refractivity (Wildman–Crippen MR) is 105 cm³/mol. The number of hydrogen-bond donors (Lipinski definition) is 1. The third kappa shape index (κ3) is 4.71. The number of anilines is 1. The van der Waals surface area contributed by atoms with E-state index >= 15 is 0 Å². The molecule has 0 bridgehead atoms. The molecule has 1 aliphatic heterocycles. The quantitative estimate of drug-likeness (QED) is 0.619. The summed E-state index contributed by atoms with van der Waals surface area (Å²) in [7, 11) is 0. The van der Waals surface area contributed by atoms with Gasteiger partial charge in [-0.2, -0.15) is 13.2 Å². The summed E-state index contributed by atoms with van der Waals surface area (Å²) in [4.78, 5) is 16.0. The number of ether oxygens (including phenoxy) is 3. The zero-order valence-electron chi connectivity index (χ0n) is 16.3. The van der Waals surface area contributed by atoms with E-state index in [1.165, 1.54) is 6.92 Å². The summed E-state index contributed by atoms with van der Waals surface area (Å²) in [6.45, 7) is 1.78. The lowest BCUT2D eigenvalue weighted by Gasteiger charge is -2.12. The Balaban J connectivity index is 1.42. The first kappa shape index (κ1) is 20.5. The standard InChI is InChI=1S/C22H17F3N2O4/c1-13-17(6-8-20(26-13)22(23,24)25)21(28)27-15-4-2-3-14(9-15)11-29-16-5-7-18-19(10-16)31-12-30-18/h2-10H,11-12H2,1H3,(H,27,28). The van der Waals surface area contributed by atoms with Crippen molar-refractivity contribution in [2.75, 3.05) is 12.1 Å². The largest absolute Gasteiger partial charge is 0.489 e. The van der Waals surface area contributed by atoms with Crippen molar-refractivity contribution < 1.29 is 32.2 Å². The number of carbonyl (C=O) groups is 1. The summed E-state index contributed by atoms with van der Waals surface area (Å²) in [5.41, 5.74) is 0.294. The van der Waals surface area contributed by atoms with Gasteiger partial charge in [0.15, 0.2) is 11.5 Å². The molecule has 1 aromatic heterocycles. The molecule has 6 nitrogen and oxygen atoms in total. The van der Waals surface area contributed by atoms with Crippen LogP contribution in [-0.4, -0.2) is 17.7 Å². The molecule has 4 rings (SSSR count). The van der Waals surface area contributed by atoms with E-state index in [9.17, 15) is 18.0 Å². The molecule has 0 saturated carbocycles. The van der Waals surface area contributed by atoms with Crippen molar-refractivity contribution in [1.29, 1.82) is 0 Å². The van der Waals surface area contributed by atoms with Crippen molar-refractivity contribution in [1.82, 2.24) is 4.98 Å². The van der Waals surface area contributed by atoms with E-state index < -0.39 is 17.8 Å². The van der Waals surface area contributed by atoms with E-state index in [1.807, 2.05) is 6.07 Å². The van der Waals surface area contributed by atoms with Gasteiger partial charge in [-0.05, 0) is 48.9 Å². The van der Waals surface area contributed by atoms with E-state index in [1.54, 1.807) is 36.4 Å². The fourth-order valence-electron chi connectivity index (χ4n) is 3.03. The molecule has 0 fully saturated rings. The van der Waals surface area contributed by atoms with Crippen LogP contribution < -0.4 is 19.5 Å². The summed E-state index contributed by atoms with van der Waals surface area (Å²) in [5.74, 6) is 1.32. The SMILES string of the molecule is Cc1nc(C(F)(F)F)ccc1C(=O)Nc1cccc(COc2ccc3c(c2)OCO3)c1. The monoisotopic (exact) mass is 430 g/mol. The number of hydrogen-bond acceptors (Lipinski definition) is 5. The average Bonchev–Trinajstić information content (AvgIpc) is 3.19. The fourth-order valence-corrected chi connectivity index (χ4v) is 3.03. The zero-order valence-corrected chi connectivity index (χ0v) is 16.3. The summed E-state index contributed by atoms with van der Waals surface area (Å²) in [6, 6.07) is 14.1. The molecule has 1 N–H and O–H groups in total. The summed E-state index contributed by atoms with van der Waals surface area (Å²) in [5, 5.41) is 2.68. The van der Waals surface area contributed by atoms with Gasteiger partial charge in [-0.25, -0.2) is 4.98 Å². The van der Waals surface area contributed by atoms with Gasteiger partial charge in [0.05, 0.1) is 11.3 Å². The van der Waals surface area contributed by atoms with Crippen LogP contribution in [0.15, 0.2) is 54.6 Å². The molecule has 3 aromatic rings.